The second kappa shape index (κ2) is 4.73. The summed E-state index contributed by atoms with van der Waals surface area (Å²) in [6, 6.07) is 3.85. The van der Waals surface area contributed by atoms with Crippen molar-refractivity contribution in [3.05, 3.63) is 29.6 Å². The molecule has 0 unspecified atom stereocenters. The molecule has 1 saturated heterocycles. The summed E-state index contributed by atoms with van der Waals surface area (Å²) >= 11 is 0. The monoisotopic (exact) mass is 237 g/mol. The summed E-state index contributed by atoms with van der Waals surface area (Å²) < 4.78 is 13.2. The van der Waals surface area contributed by atoms with Crippen molar-refractivity contribution < 1.29 is 14.3 Å². The Morgan fingerprint density at radius 3 is 2.65 bits per heavy atom. The van der Waals surface area contributed by atoms with Gasteiger partial charge in [-0.1, -0.05) is 6.92 Å². The highest BCUT2D eigenvalue weighted by molar-refractivity contribution is 5.94. The Hall–Kier alpha value is -1.58. The van der Waals surface area contributed by atoms with Gasteiger partial charge in [0.1, 0.15) is 5.82 Å². The van der Waals surface area contributed by atoms with Crippen molar-refractivity contribution in [1.29, 1.82) is 0 Å². The van der Waals surface area contributed by atoms with E-state index in [-0.39, 0.29) is 11.4 Å². The molecule has 1 aliphatic heterocycles. The number of piperidine rings is 1. The van der Waals surface area contributed by atoms with Gasteiger partial charge in [-0.2, -0.15) is 0 Å². The Balaban J connectivity index is 2.30. The number of carboxylic acids is 1. The van der Waals surface area contributed by atoms with E-state index in [9.17, 15) is 9.18 Å². The van der Waals surface area contributed by atoms with Crippen LogP contribution in [0.15, 0.2) is 18.2 Å². The van der Waals surface area contributed by atoms with E-state index in [0.717, 1.165) is 25.9 Å². The lowest BCUT2D eigenvalue weighted by Crippen LogP contribution is -2.33. The fourth-order valence-electron chi connectivity index (χ4n) is 2.20. The number of anilines is 1. The molecule has 2 rings (SSSR count). The number of carboxylic acid groups (broad SMARTS) is 1. The minimum atomic E-state index is -1.00. The van der Waals surface area contributed by atoms with Gasteiger partial charge in [0.05, 0.1) is 11.3 Å². The van der Waals surface area contributed by atoms with Crippen molar-refractivity contribution in [1.82, 2.24) is 0 Å². The summed E-state index contributed by atoms with van der Waals surface area (Å²) in [5.41, 5.74) is 0.686. The predicted molar refractivity (Wildman–Crippen MR) is 64.0 cm³/mol. The summed E-state index contributed by atoms with van der Waals surface area (Å²) in [7, 11) is 0. The van der Waals surface area contributed by atoms with Crippen LogP contribution >= 0.6 is 0 Å². The summed E-state index contributed by atoms with van der Waals surface area (Å²) in [5, 5.41) is 9.09. The minimum Gasteiger partial charge on any atom is -0.478 e. The molecule has 0 radical (unpaired) electrons. The maximum absolute atomic E-state index is 13.2. The molecule has 1 aromatic carbocycles. The molecule has 1 aliphatic rings. The number of nitrogens with zero attached hydrogens (tertiary/aromatic N) is 1. The highest BCUT2D eigenvalue weighted by Gasteiger charge is 2.21. The summed E-state index contributed by atoms with van der Waals surface area (Å²) in [6.45, 7) is 3.77. The van der Waals surface area contributed by atoms with Crippen LogP contribution < -0.4 is 4.90 Å². The molecule has 17 heavy (non-hydrogen) atoms. The number of aromatic carboxylic acids is 1. The molecule has 0 spiro atoms. The van der Waals surface area contributed by atoms with Crippen LogP contribution in [0.1, 0.15) is 30.1 Å². The lowest BCUT2D eigenvalue weighted by Gasteiger charge is -2.32. The number of rotatable bonds is 2. The predicted octanol–water partition coefficient (Wildman–Crippen LogP) is 2.76. The van der Waals surface area contributed by atoms with E-state index in [1.165, 1.54) is 18.2 Å². The molecule has 0 aromatic heterocycles. The molecular weight excluding hydrogens is 221 g/mol. The second-order valence-electron chi connectivity index (χ2n) is 4.64. The van der Waals surface area contributed by atoms with Crippen molar-refractivity contribution in [2.24, 2.45) is 5.92 Å². The van der Waals surface area contributed by atoms with Crippen molar-refractivity contribution in [3.8, 4) is 0 Å². The van der Waals surface area contributed by atoms with Gasteiger partial charge in [0.15, 0.2) is 0 Å². The molecular formula is C13H16FNO2. The lowest BCUT2D eigenvalue weighted by atomic mass is 9.98. The highest BCUT2D eigenvalue weighted by Crippen LogP contribution is 2.27. The molecule has 92 valence electrons. The standard InChI is InChI=1S/C13H16FNO2/c1-9-4-6-15(7-5-9)12-8-10(14)2-3-11(12)13(16)17/h2-3,8-9H,4-7H2,1H3,(H,16,17). The quantitative estimate of drug-likeness (QED) is 0.859. The molecule has 1 heterocycles. The molecule has 1 N–H and O–H groups in total. The van der Waals surface area contributed by atoms with Gasteiger partial charge in [-0.3, -0.25) is 0 Å². The van der Waals surface area contributed by atoms with E-state index < -0.39 is 5.97 Å². The Morgan fingerprint density at radius 2 is 2.06 bits per heavy atom. The number of hydrogen-bond donors (Lipinski definition) is 1. The molecule has 1 fully saturated rings. The summed E-state index contributed by atoms with van der Waals surface area (Å²) in [4.78, 5) is 13.1. The largest absolute Gasteiger partial charge is 0.478 e. The average molecular weight is 237 g/mol. The smallest absolute Gasteiger partial charge is 0.337 e. The summed E-state index contributed by atoms with van der Waals surface area (Å²) in [6.07, 6.45) is 2.05. The number of hydrogen-bond acceptors (Lipinski definition) is 2. The van der Waals surface area contributed by atoms with Gasteiger partial charge < -0.3 is 10.0 Å². The van der Waals surface area contributed by atoms with E-state index in [1.54, 1.807) is 0 Å². The van der Waals surface area contributed by atoms with E-state index >= 15 is 0 Å². The van der Waals surface area contributed by atoms with E-state index in [0.29, 0.717) is 11.6 Å². The molecule has 0 atom stereocenters. The minimum absolute atomic E-state index is 0.181. The first kappa shape index (κ1) is 11.9. The Kier molecular flexibility index (Phi) is 3.31. The van der Waals surface area contributed by atoms with Crippen LogP contribution in [0.2, 0.25) is 0 Å². The third-order valence-electron chi connectivity index (χ3n) is 3.31. The Bertz CT molecular complexity index is 425. The van der Waals surface area contributed by atoms with Gasteiger partial charge >= 0.3 is 5.97 Å². The van der Waals surface area contributed by atoms with Crippen molar-refractivity contribution >= 4 is 11.7 Å². The fourth-order valence-corrected chi connectivity index (χ4v) is 2.20. The van der Waals surface area contributed by atoms with Crippen LogP contribution in [0.5, 0.6) is 0 Å². The molecule has 0 amide bonds. The Labute approximate surface area is 99.9 Å². The summed E-state index contributed by atoms with van der Waals surface area (Å²) in [5.74, 6) is -0.727. The van der Waals surface area contributed by atoms with E-state index in [4.69, 9.17) is 5.11 Å². The van der Waals surface area contributed by atoms with Crippen molar-refractivity contribution in [2.75, 3.05) is 18.0 Å². The molecule has 3 nitrogen and oxygen atoms in total. The number of carbonyl (C=O) groups is 1. The molecule has 0 aliphatic carbocycles. The first-order chi connectivity index (χ1) is 8.08. The zero-order valence-corrected chi connectivity index (χ0v) is 9.82. The third kappa shape index (κ3) is 2.57. The topological polar surface area (TPSA) is 40.5 Å². The second-order valence-corrected chi connectivity index (χ2v) is 4.64. The van der Waals surface area contributed by atoms with Crippen LogP contribution in [0.4, 0.5) is 10.1 Å². The van der Waals surface area contributed by atoms with Gasteiger partial charge in [0.25, 0.3) is 0 Å². The van der Waals surface area contributed by atoms with E-state index in [1.807, 2.05) is 4.90 Å². The molecule has 0 bridgehead atoms. The van der Waals surface area contributed by atoms with Gasteiger partial charge in [-0.05, 0) is 37.0 Å². The first-order valence-electron chi connectivity index (χ1n) is 5.85. The SMILES string of the molecule is CC1CCN(c2cc(F)ccc2C(=O)O)CC1. The van der Waals surface area contributed by atoms with E-state index in [2.05, 4.69) is 6.92 Å². The zero-order valence-electron chi connectivity index (χ0n) is 9.82. The highest BCUT2D eigenvalue weighted by atomic mass is 19.1. The van der Waals surface area contributed by atoms with Crippen LogP contribution in [0.25, 0.3) is 0 Å². The lowest BCUT2D eigenvalue weighted by molar-refractivity contribution is 0.0697. The number of halogens is 1. The van der Waals surface area contributed by atoms with Crippen LogP contribution in [0.3, 0.4) is 0 Å². The van der Waals surface area contributed by atoms with Gasteiger partial charge in [0, 0.05) is 13.1 Å². The zero-order chi connectivity index (χ0) is 12.4. The van der Waals surface area contributed by atoms with Gasteiger partial charge in [0.2, 0.25) is 0 Å². The molecule has 1 aromatic rings. The third-order valence-corrected chi connectivity index (χ3v) is 3.31. The van der Waals surface area contributed by atoms with Crippen LogP contribution in [-0.4, -0.2) is 24.2 Å². The fraction of sp³-hybridized carbons (Fsp3) is 0.462. The molecule has 4 heteroatoms. The normalized spacial score (nSPS) is 17.2. The first-order valence-corrected chi connectivity index (χ1v) is 5.85. The van der Waals surface area contributed by atoms with Crippen LogP contribution in [0, 0.1) is 11.7 Å². The maximum Gasteiger partial charge on any atom is 0.337 e. The van der Waals surface area contributed by atoms with Crippen LogP contribution in [-0.2, 0) is 0 Å². The van der Waals surface area contributed by atoms with Crippen molar-refractivity contribution in [3.63, 3.8) is 0 Å². The molecule has 0 saturated carbocycles. The van der Waals surface area contributed by atoms with Gasteiger partial charge in [-0.15, -0.1) is 0 Å². The van der Waals surface area contributed by atoms with Gasteiger partial charge in [-0.25, -0.2) is 9.18 Å². The van der Waals surface area contributed by atoms with Crippen molar-refractivity contribution in [2.45, 2.75) is 19.8 Å². The average Bonchev–Trinajstić information content (AvgIpc) is 2.29. The number of benzene rings is 1. The Morgan fingerprint density at radius 1 is 1.41 bits per heavy atom. The maximum atomic E-state index is 13.2.